The van der Waals surface area contributed by atoms with Crippen LogP contribution in [0, 0.1) is 0 Å². The van der Waals surface area contributed by atoms with Crippen LogP contribution in [0.2, 0.25) is 5.02 Å². The predicted molar refractivity (Wildman–Crippen MR) is 57.9 cm³/mol. The predicted octanol–water partition coefficient (Wildman–Crippen LogP) is 2.61. The van der Waals surface area contributed by atoms with Crippen molar-refractivity contribution in [2.45, 2.75) is 0 Å². The summed E-state index contributed by atoms with van der Waals surface area (Å²) < 4.78 is 0. The van der Waals surface area contributed by atoms with Gasteiger partial charge in [-0.1, -0.05) is 29.8 Å². The molecule has 0 amide bonds. The maximum Gasteiger partial charge on any atom is 0.150 e. The Morgan fingerprint density at radius 3 is 2.87 bits per heavy atom. The van der Waals surface area contributed by atoms with Gasteiger partial charge in [0, 0.05) is 11.1 Å². The average molecular weight is 219 g/mol. The van der Waals surface area contributed by atoms with Gasteiger partial charge in [0.1, 0.15) is 6.29 Å². The highest BCUT2D eigenvalue weighted by molar-refractivity contribution is 6.30. The Bertz CT molecular complexity index is 499. The van der Waals surface area contributed by atoms with Crippen molar-refractivity contribution in [3.63, 3.8) is 0 Å². The Morgan fingerprint density at radius 1 is 1.27 bits per heavy atom. The highest BCUT2D eigenvalue weighted by Crippen LogP contribution is 2.19. The smallest absolute Gasteiger partial charge is 0.150 e. The first-order valence-electron chi connectivity index (χ1n) is 4.33. The second-order valence-electron chi connectivity index (χ2n) is 3.00. The van der Waals surface area contributed by atoms with Crippen LogP contribution in [0.1, 0.15) is 10.4 Å². The van der Waals surface area contributed by atoms with Gasteiger partial charge in [-0.25, -0.2) is 0 Å². The Balaban J connectivity index is 2.49. The summed E-state index contributed by atoms with van der Waals surface area (Å²) in [6.45, 7) is 0. The first-order valence-corrected chi connectivity index (χ1v) is 4.71. The van der Waals surface area contributed by atoms with Crippen molar-refractivity contribution in [1.29, 1.82) is 0 Å². The molecule has 3 nitrogen and oxygen atoms in total. The largest absolute Gasteiger partial charge is 0.298 e. The fourth-order valence-corrected chi connectivity index (χ4v) is 1.40. The van der Waals surface area contributed by atoms with E-state index in [0.29, 0.717) is 16.3 Å². The van der Waals surface area contributed by atoms with Crippen molar-refractivity contribution < 1.29 is 4.79 Å². The maximum absolute atomic E-state index is 10.6. The van der Waals surface area contributed by atoms with Crippen LogP contribution in [-0.2, 0) is 0 Å². The number of carbonyl (C=O) groups excluding carboxylic acids is 1. The monoisotopic (exact) mass is 218 g/mol. The molecular weight excluding hydrogens is 212 g/mol. The molecule has 0 saturated heterocycles. The zero-order chi connectivity index (χ0) is 10.7. The van der Waals surface area contributed by atoms with Gasteiger partial charge < -0.3 is 0 Å². The number of benzene rings is 1. The number of aldehydes is 1. The first kappa shape index (κ1) is 9.80. The molecule has 15 heavy (non-hydrogen) atoms. The molecule has 0 fully saturated rings. The first-order chi connectivity index (χ1) is 7.29. The van der Waals surface area contributed by atoms with Gasteiger partial charge >= 0.3 is 0 Å². The van der Waals surface area contributed by atoms with Gasteiger partial charge in [0.2, 0.25) is 0 Å². The summed E-state index contributed by atoms with van der Waals surface area (Å²) in [6, 6.07) is 8.83. The summed E-state index contributed by atoms with van der Waals surface area (Å²) in [7, 11) is 0. The molecule has 0 aliphatic heterocycles. The Morgan fingerprint density at radius 2 is 2.13 bits per heavy atom. The molecule has 0 aliphatic rings. The Labute approximate surface area is 91.7 Å². The highest BCUT2D eigenvalue weighted by Gasteiger charge is 2.01. The Kier molecular flexibility index (Phi) is 2.74. The average Bonchev–Trinajstić information content (AvgIpc) is 2.29. The molecule has 0 N–H and O–H groups in total. The van der Waals surface area contributed by atoms with E-state index in [1.54, 1.807) is 24.3 Å². The highest BCUT2D eigenvalue weighted by atomic mass is 35.5. The van der Waals surface area contributed by atoms with Gasteiger partial charge in [-0.3, -0.25) is 4.79 Å². The van der Waals surface area contributed by atoms with Crippen LogP contribution < -0.4 is 0 Å². The van der Waals surface area contributed by atoms with Gasteiger partial charge in [0.05, 0.1) is 16.9 Å². The van der Waals surface area contributed by atoms with Crippen molar-refractivity contribution in [2.24, 2.45) is 0 Å². The van der Waals surface area contributed by atoms with Gasteiger partial charge in [-0.15, -0.1) is 0 Å². The van der Waals surface area contributed by atoms with Crippen LogP contribution in [0.3, 0.4) is 0 Å². The Hall–Kier alpha value is -1.74. The molecule has 74 valence electrons. The van der Waals surface area contributed by atoms with E-state index in [1.807, 2.05) is 6.07 Å². The summed E-state index contributed by atoms with van der Waals surface area (Å²) in [5.74, 6) is 0. The molecule has 2 aromatic rings. The minimum atomic E-state index is 0.525. The number of carbonyl (C=O) groups is 1. The summed E-state index contributed by atoms with van der Waals surface area (Å²) >= 11 is 5.80. The number of aromatic nitrogens is 2. The van der Waals surface area contributed by atoms with E-state index >= 15 is 0 Å². The van der Waals surface area contributed by atoms with E-state index in [2.05, 4.69) is 10.2 Å². The number of rotatable bonds is 2. The number of hydrogen-bond acceptors (Lipinski definition) is 3. The lowest BCUT2D eigenvalue weighted by Gasteiger charge is -2.00. The quantitative estimate of drug-likeness (QED) is 0.728. The van der Waals surface area contributed by atoms with Crippen LogP contribution in [0.15, 0.2) is 36.5 Å². The van der Waals surface area contributed by atoms with Crippen LogP contribution in [0.4, 0.5) is 0 Å². The standard InChI is InChI=1S/C11H7ClN2O/c12-10-5-11(14-13-6-10)9-3-1-2-8(4-9)7-15/h1-7H. The summed E-state index contributed by atoms with van der Waals surface area (Å²) in [5.41, 5.74) is 2.09. The van der Waals surface area contributed by atoms with Crippen LogP contribution in [0.25, 0.3) is 11.3 Å². The van der Waals surface area contributed by atoms with Crippen molar-refractivity contribution in [3.05, 3.63) is 47.1 Å². The molecule has 1 aromatic heterocycles. The third-order valence-electron chi connectivity index (χ3n) is 1.94. The van der Waals surface area contributed by atoms with E-state index in [1.165, 1.54) is 6.20 Å². The topological polar surface area (TPSA) is 42.9 Å². The molecule has 0 bridgehead atoms. The van der Waals surface area contributed by atoms with Gasteiger partial charge in [-0.05, 0) is 12.1 Å². The molecule has 0 unspecified atom stereocenters. The summed E-state index contributed by atoms with van der Waals surface area (Å²) in [4.78, 5) is 10.6. The molecule has 0 spiro atoms. The minimum absolute atomic E-state index is 0.525. The van der Waals surface area contributed by atoms with E-state index < -0.39 is 0 Å². The van der Waals surface area contributed by atoms with E-state index in [4.69, 9.17) is 11.6 Å². The van der Waals surface area contributed by atoms with Gasteiger partial charge in [-0.2, -0.15) is 10.2 Å². The lowest BCUT2D eigenvalue weighted by atomic mass is 10.1. The van der Waals surface area contributed by atoms with Crippen LogP contribution >= 0.6 is 11.6 Å². The molecule has 0 atom stereocenters. The normalized spacial score (nSPS) is 9.93. The van der Waals surface area contributed by atoms with E-state index in [-0.39, 0.29) is 0 Å². The van der Waals surface area contributed by atoms with Crippen molar-refractivity contribution in [2.75, 3.05) is 0 Å². The molecule has 4 heteroatoms. The third kappa shape index (κ3) is 2.19. The van der Waals surface area contributed by atoms with Crippen LogP contribution in [0.5, 0.6) is 0 Å². The molecule has 1 aromatic carbocycles. The fourth-order valence-electron chi connectivity index (χ4n) is 1.26. The minimum Gasteiger partial charge on any atom is -0.298 e. The SMILES string of the molecule is O=Cc1cccc(-c2cc(Cl)cnn2)c1. The lowest BCUT2D eigenvalue weighted by Crippen LogP contribution is -1.88. The molecule has 1 heterocycles. The molecular formula is C11H7ClN2O. The lowest BCUT2D eigenvalue weighted by molar-refractivity contribution is 0.112. The zero-order valence-corrected chi connectivity index (χ0v) is 8.48. The van der Waals surface area contributed by atoms with E-state index in [9.17, 15) is 4.79 Å². The second-order valence-corrected chi connectivity index (χ2v) is 3.44. The van der Waals surface area contributed by atoms with Gasteiger partial charge in [0.15, 0.2) is 0 Å². The van der Waals surface area contributed by atoms with E-state index in [0.717, 1.165) is 11.8 Å². The zero-order valence-electron chi connectivity index (χ0n) is 7.72. The summed E-state index contributed by atoms with van der Waals surface area (Å²) in [6.07, 6.45) is 2.26. The van der Waals surface area contributed by atoms with Gasteiger partial charge in [0.25, 0.3) is 0 Å². The van der Waals surface area contributed by atoms with Crippen molar-refractivity contribution >= 4 is 17.9 Å². The molecule has 0 saturated carbocycles. The van der Waals surface area contributed by atoms with Crippen molar-refractivity contribution in [1.82, 2.24) is 10.2 Å². The maximum atomic E-state index is 10.6. The fraction of sp³-hybridized carbons (Fsp3) is 0. The number of halogens is 1. The summed E-state index contributed by atoms with van der Waals surface area (Å²) in [5, 5.41) is 8.21. The van der Waals surface area contributed by atoms with Crippen molar-refractivity contribution in [3.8, 4) is 11.3 Å². The molecule has 2 rings (SSSR count). The molecule has 0 aliphatic carbocycles. The number of hydrogen-bond donors (Lipinski definition) is 0. The second kappa shape index (κ2) is 4.19. The number of nitrogens with zero attached hydrogens (tertiary/aromatic N) is 2. The third-order valence-corrected chi connectivity index (χ3v) is 2.15. The van der Waals surface area contributed by atoms with Crippen LogP contribution in [-0.4, -0.2) is 16.5 Å². The molecule has 0 radical (unpaired) electrons.